The third-order valence-corrected chi connectivity index (χ3v) is 4.74. The Morgan fingerprint density at radius 3 is 2.62 bits per heavy atom. The molecular formula is C15H14INO4. The van der Waals surface area contributed by atoms with Crippen molar-refractivity contribution in [2.45, 2.75) is 18.6 Å². The lowest BCUT2D eigenvalue weighted by molar-refractivity contribution is -0.146. The van der Waals surface area contributed by atoms with Crippen molar-refractivity contribution in [3.8, 4) is 0 Å². The minimum absolute atomic E-state index is 0.321. The quantitative estimate of drug-likeness (QED) is 0.604. The molecule has 2 N–H and O–H groups in total. The van der Waals surface area contributed by atoms with Gasteiger partial charge in [-0.1, -0.05) is 12.2 Å². The van der Waals surface area contributed by atoms with Crippen LogP contribution in [-0.4, -0.2) is 28.7 Å². The van der Waals surface area contributed by atoms with Crippen LogP contribution in [0.5, 0.6) is 0 Å². The molecule has 0 saturated carbocycles. The van der Waals surface area contributed by atoms with Crippen LogP contribution in [0.4, 0.5) is 5.69 Å². The number of anilines is 1. The minimum Gasteiger partial charge on any atom is -0.481 e. The van der Waals surface area contributed by atoms with Crippen molar-refractivity contribution in [3.05, 3.63) is 40.0 Å². The van der Waals surface area contributed by atoms with Crippen LogP contribution in [0.25, 0.3) is 0 Å². The van der Waals surface area contributed by atoms with Crippen molar-refractivity contribution in [2.75, 3.05) is 5.32 Å². The summed E-state index contributed by atoms with van der Waals surface area (Å²) in [5, 5.41) is 12.2. The van der Waals surface area contributed by atoms with Gasteiger partial charge >= 0.3 is 5.97 Å². The summed E-state index contributed by atoms with van der Waals surface area (Å²) in [4.78, 5) is 24.0. The van der Waals surface area contributed by atoms with Gasteiger partial charge in [0, 0.05) is 9.26 Å². The topological polar surface area (TPSA) is 75.6 Å². The van der Waals surface area contributed by atoms with Crippen LogP contribution in [0.1, 0.15) is 6.92 Å². The molecule has 2 aliphatic heterocycles. The number of carboxylic acid groups (broad SMARTS) is 1. The van der Waals surface area contributed by atoms with Gasteiger partial charge in [0.25, 0.3) is 0 Å². The molecule has 2 bridgehead atoms. The normalized spacial score (nSPS) is 33.1. The number of nitrogens with one attached hydrogen (secondary N) is 1. The van der Waals surface area contributed by atoms with Crippen LogP contribution < -0.4 is 5.32 Å². The molecule has 0 spiro atoms. The molecule has 0 aliphatic carbocycles. The molecule has 5 nitrogen and oxygen atoms in total. The first-order valence-electron chi connectivity index (χ1n) is 6.57. The summed E-state index contributed by atoms with van der Waals surface area (Å²) >= 11 is 2.18. The lowest BCUT2D eigenvalue weighted by Gasteiger charge is -2.27. The molecule has 2 aliphatic rings. The van der Waals surface area contributed by atoms with E-state index in [-0.39, 0.29) is 5.91 Å². The molecule has 21 heavy (non-hydrogen) atoms. The van der Waals surface area contributed by atoms with Gasteiger partial charge in [0.1, 0.15) is 5.92 Å². The van der Waals surface area contributed by atoms with Gasteiger partial charge in [-0.3, -0.25) is 9.59 Å². The highest BCUT2D eigenvalue weighted by atomic mass is 127. The van der Waals surface area contributed by atoms with Crippen LogP contribution in [0.2, 0.25) is 0 Å². The van der Waals surface area contributed by atoms with Gasteiger partial charge in [0.15, 0.2) is 0 Å². The molecular weight excluding hydrogens is 385 g/mol. The number of rotatable bonds is 3. The van der Waals surface area contributed by atoms with Crippen molar-refractivity contribution in [2.24, 2.45) is 11.8 Å². The second-order valence-corrected chi connectivity index (χ2v) is 6.71. The number of benzene rings is 1. The van der Waals surface area contributed by atoms with Gasteiger partial charge in [0.2, 0.25) is 5.91 Å². The molecule has 1 saturated heterocycles. The zero-order valence-corrected chi connectivity index (χ0v) is 13.4. The standard InChI is InChI=1S/C15H14INO4/c1-15-7-6-10(21-15)11(14(19)20)12(15)13(18)17-9-4-2-8(16)3-5-9/h2-7,10-12H,1H3,(H,17,18)(H,19,20)/t10-,11-,12+,15+/m1/s1. The lowest BCUT2D eigenvalue weighted by atomic mass is 9.75. The Bertz CT molecular complexity index is 627. The van der Waals surface area contributed by atoms with Crippen molar-refractivity contribution in [1.82, 2.24) is 0 Å². The summed E-state index contributed by atoms with van der Waals surface area (Å²) in [5.74, 6) is -2.90. The summed E-state index contributed by atoms with van der Waals surface area (Å²) in [6, 6.07) is 7.34. The summed E-state index contributed by atoms with van der Waals surface area (Å²) in [6.45, 7) is 1.75. The number of hydrogen-bond donors (Lipinski definition) is 2. The van der Waals surface area contributed by atoms with E-state index in [2.05, 4.69) is 27.9 Å². The monoisotopic (exact) mass is 399 g/mol. The van der Waals surface area contributed by atoms with Crippen LogP contribution in [0.15, 0.2) is 36.4 Å². The van der Waals surface area contributed by atoms with Crippen LogP contribution >= 0.6 is 22.6 Å². The van der Waals surface area contributed by atoms with E-state index < -0.39 is 29.5 Å². The zero-order valence-electron chi connectivity index (χ0n) is 11.2. The Labute approximate surface area is 135 Å². The first-order valence-corrected chi connectivity index (χ1v) is 7.65. The largest absolute Gasteiger partial charge is 0.481 e. The van der Waals surface area contributed by atoms with E-state index in [1.165, 1.54) is 0 Å². The highest BCUT2D eigenvalue weighted by molar-refractivity contribution is 14.1. The van der Waals surface area contributed by atoms with Crippen LogP contribution in [0.3, 0.4) is 0 Å². The first kappa shape index (κ1) is 14.5. The Balaban J connectivity index is 1.84. The van der Waals surface area contributed by atoms with E-state index in [1.54, 1.807) is 31.2 Å². The first-order chi connectivity index (χ1) is 9.90. The van der Waals surface area contributed by atoms with E-state index in [9.17, 15) is 14.7 Å². The maximum atomic E-state index is 12.5. The fraction of sp³-hybridized carbons (Fsp3) is 0.333. The number of carbonyl (C=O) groups is 2. The molecule has 6 heteroatoms. The minimum atomic E-state index is -1.00. The molecule has 0 unspecified atom stereocenters. The molecule has 0 aromatic heterocycles. The molecule has 1 amide bonds. The Kier molecular flexibility index (Phi) is 3.53. The van der Waals surface area contributed by atoms with Crippen molar-refractivity contribution < 1.29 is 19.4 Å². The number of amides is 1. The molecule has 3 rings (SSSR count). The second kappa shape index (κ2) is 5.10. The molecule has 1 fully saturated rings. The zero-order chi connectivity index (χ0) is 15.2. The average Bonchev–Trinajstić information content (AvgIpc) is 2.94. The molecule has 110 valence electrons. The SMILES string of the molecule is C[C@@]12C=C[C@@H](O1)[C@@H](C(=O)O)[C@H]2C(=O)Nc1ccc(I)cc1. The van der Waals surface area contributed by atoms with Gasteiger partial charge < -0.3 is 15.2 Å². The lowest BCUT2D eigenvalue weighted by Crippen LogP contribution is -2.44. The molecule has 1 aromatic rings. The summed E-state index contributed by atoms with van der Waals surface area (Å²) < 4.78 is 6.73. The molecule has 4 atom stereocenters. The summed E-state index contributed by atoms with van der Waals surface area (Å²) in [6.07, 6.45) is 2.99. The van der Waals surface area contributed by atoms with Gasteiger partial charge in [-0.25, -0.2) is 0 Å². The highest BCUT2D eigenvalue weighted by Gasteiger charge is 2.59. The van der Waals surface area contributed by atoms with Crippen molar-refractivity contribution in [1.29, 1.82) is 0 Å². The number of fused-ring (bicyclic) bond motifs is 2. The number of ether oxygens (including phenoxy) is 1. The number of aliphatic carboxylic acids is 1. The third kappa shape index (κ3) is 2.46. The van der Waals surface area contributed by atoms with E-state index in [1.807, 2.05) is 12.1 Å². The van der Waals surface area contributed by atoms with Gasteiger partial charge in [-0.15, -0.1) is 0 Å². The summed E-state index contributed by atoms with van der Waals surface area (Å²) in [5.41, 5.74) is -0.194. The Hall–Kier alpha value is -1.41. The number of halogens is 1. The maximum absolute atomic E-state index is 12.5. The van der Waals surface area contributed by atoms with Crippen LogP contribution in [-0.2, 0) is 14.3 Å². The number of hydrogen-bond acceptors (Lipinski definition) is 3. The fourth-order valence-electron chi connectivity index (χ4n) is 3.03. The van der Waals surface area contributed by atoms with Gasteiger partial charge in [-0.05, 0) is 53.8 Å². The van der Waals surface area contributed by atoms with Crippen LogP contribution in [0, 0.1) is 15.4 Å². The Morgan fingerprint density at radius 1 is 1.33 bits per heavy atom. The molecule has 0 radical (unpaired) electrons. The van der Waals surface area contributed by atoms with Crippen molar-refractivity contribution in [3.63, 3.8) is 0 Å². The maximum Gasteiger partial charge on any atom is 0.310 e. The molecule has 1 aromatic carbocycles. The van der Waals surface area contributed by atoms with E-state index in [0.29, 0.717) is 5.69 Å². The molecule has 2 heterocycles. The smallest absolute Gasteiger partial charge is 0.310 e. The summed E-state index contributed by atoms with van der Waals surface area (Å²) in [7, 11) is 0. The number of carboxylic acids is 1. The fourth-order valence-corrected chi connectivity index (χ4v) is 3.39. The van der Waals surface area contributed by atoms with E-state index >= 15 is 0 Å². The Morgan fingerprint density at radius 2 is 2.00 bits per heavy atom. The highest BCUT2D eigenvalue weighted by Crippen LogP contribution is 2.47. The average molecular weight is 399 g/mol. The van der Waals surface area contributed by atoms with Gasteiger partial charge in [0.05, 0.1) is 17.6 Å². The third-order valence-electron chi connectivity index (χ3n) is 4.02. The number of carbonyl (C=O) groups excluding carboxylic acids is 1. The predicted octanol–water partition coefficient (Wildman–Crippen LogP) is 2.27. The van der Waals surface area contributed by atoms with Crippen molar-refractivity contribution >= 4 is 40.2 Å². The predicted molar refractivity (Wildman–Crippen MR) is 84.8 cm³/mol. The van der Waals surface area contributed by atoms with Gasteiger partial charge in [-0.2, -0.15) is 0 Å². The van der Waals surface area contributed by atoms with E-state index in [4.69, 9.17) is 4.74 Å². The van der Waals surface area contributed by atoms with E-state index in [0.717, 1.165) is 3.57 Å². The second-order valence-electron chi connectivity index (χ2n) is 5.46.